The summed E-state index contributed by atoms with van der Waals surface area (Å²) in [5, 5.41) is 6.61. The molecule has 0 saturated carbocycles. The van der Waals surface area contributed by atoms with E-state index in [9.17, 15) is 4.79 Å². The minimum absolute atomic E-state index is 0.0802. The molecule has 1 aromatic heterocycles. The molecule has 0 aromatic carbocycles. The van der Waals surface area contributed by atoms with Gasteiger partial charge in [0.15, 0.2) is 0 Å². The normalized spacial score (nSPS) is 23.0. The maximum absolute atomic E-state index is 12.4. The van der Waals surface area contributed by atoms with Crippen molar-refractivity contribution in [2.45, 2.75) is 26.2 Å². The number of aromatic nitrogens is 1. The maximum atomic E-state index is 12.4. The minimum Gasteiger partial charge on any atom is -0.325 e. The average molecular weight is 268 g/mol. The first-order valence-electron chi connectivity index (χ1n) is 6.30. The summed E-state index contributed by atoms with van der Waals surface area (Å²) < 4.78 is 0. The summed E-state index contributed by atoms with van der Waals surface area (Å²) in [4.78, 5) is 16.3. The SMILES string of the molecule is CCCC1(C(=O)Nc2ccnc(Cl)c2)CCNC1. The van der Waals surface area contributed by atoms with Gasteiger partial charge in [0.25, 0.3) is 0 Å². The molecule has 0 bridgehead atoms. The van der Waals surface area contributed by atoms with Crippen molar-refractivity contribution in [2.75, 3.05) is 18.4 Å². The van der Waals surface area contributed by atoms with Crippen LogP contribution < -0.4 is 10.6 Å². The van der Waals surface area contributed by atoms with Gasteiger partial charge in [0.1, 0.15) is 5.15 Å². The van der Waals surface area contributed by atoms with Crippen molar-refractivity contribution in [3.05, 3.63) is 23.5 Å². The Balaban J connectivity index is 2.10. The molecule has 98 valence electrons. The highest BCUT2D eigenvalue weighted by molar-refractivity contribution is 6.29. The molecule has 2 N–H and O–H groups in total. The number of carbonyl (C=O) groups is 1. The molecule has 1 atom stereocenters. The molecular formula is C13H18ClN3O. The van der Waals surface area contributed by atoms with Gasteiger partial charge in [0, 0.05) is 18.4 Å². The number of hydrogen-bond donors (Lipinski definition) is 2. The quantitative estimate of drug-likeness (QED) is 0.824. The lowest BCUT2D eigenvalue weighted by Gasteiger charge is -2.26. The third-order valence-corrected chi connectivity index (χ3v) is 3.65. The van der Waals surface area contributed by atoms with Crippen molar-refractivity contribution in [2.24, 2.45) is 5.41 Å². The van der Waals surface area contributed by atoms with Crippen LogP contribution in [0.15, 0.2) is 18.3 Å². The number of amides is 1. The van der Waals surface area contributed by atoms with E-state index in [1.807, 2.05) is 0 Å². The Kier molecular flexibility index (Phi) is 4.19. The van der Waals surface area contributed by atoms with Crippen LogP contribution in [0.4, 0.5) is 5.69 Å². The number of rotatable bonds is 4. The molecule has 0 aliphatic carbocycles. The van der Waals surface area contributed by atoms with Crippen LogP contribution in [-0.4, -0.2) is 24.0 Å². The predicted octanol–water partition coefficient (Wildman–Crippen LogP) is 2.45. The summed E-state index contributed by atoms with van der Waals surface area (Å²) in [6.45, 7) is 3.77. The zero-order chi connectivity index (χ0) is 13.0. The van der Waals surface area contributed by atoms with Gasteiger partial charge < -0.3 is 10.6 Å². The molecule has 5 heteroatoms. The van der Waals surface area contributed by atoms with E-state index in [0.717, 1.165) is 32.4 Å². The van der Waals surface area contributed by atoms with E-state index in [0.29, 0.717) is 10.8 Å². The van der Waals surface area contributed by atoms with E-state index in [-0.39, 0.29) is 11.3 Å². The number of hydrogen-bond acceptors (Lipinski definition) is 3. The van der Waals surface area contributed by atoms with Crippen molar-refractivity contribution < 1.29 is 4.79 Å². The van der Waals surface area contributed by atoms with Gasteiger partial charge in [-0.25, -0.2) is 4.98 Å². The zero-order valence-electron chi connectivity index (χ0n) is 10.5. The molecule has 1 fully saturated rings. The minimum atomic E-state index is -0.273. The van der Waals surface area contributed by atoms with E-state index in [1.165, 1.54) is 0 Å². The Bertz CT molecular complexity index is 430. The molecule has 1 amide bonds. The number of anilines is 1. The largest absolute Gasteiger partial charge is 0.325 e. The summed E-state index contributed by atoms with van der Waals surface area (Å²) in [5.41, 5.74) is 0.437. The molecule has 1 saturated heterocycles. The number of pyridine rings is 1. The smallest absolute Gasteiger partial charge is 0.231 e. The number of carbonyl (C=O) groups excluding carboxylic acids is 1. The molecule has 4 nitrogen and oxygen atoms in total. The van der Waals surface area contributed by atoms with Crippen LogP contribution in [0.25, 0.3) is 0 Å². The summed E-state index contributed by atoms with van der Waals surface area (Å²) in [7, 11) is 0. The predicted molar refractivity (Wildman–Crippen MR) is 72.7 cm³/mol. The van der Waals surface area contributed by atoms with Crippen molar-refractivity contribution in [3.63, 3.8) is 0 Å². The first kappa shape index (κ1) is 13.3. The fraction of sp³-hybridized carbons (Fsp3) is 0.538. The van der Waals surface area contributed by atoms with E-state index < -0.39 is 0 Å². The van der Waals surface area contributed by atoms with Crippen LogP contribution >= 0.6 is 11.6 Å². The Labute approximate surface area is 112 Å². The molecule has 0 spiro atoms. The molecular weight excluding hydrogens is 250 g/mol. The van der Waals surface area contributed by atoms with Gasteiger partial charge in [-0.3, -0.25) is 4.79 Å². The summed E-state index contributed by atoms with van der Waals surface area (Å²) in [6.07, 6.45) is 4.40. The second-order valence-electron chi connectivity index (χ2n) is 4.78. The zero-order valence-corrected chi connectivity index (χ0v) is 11.3. The van der Waals surface area contributed by atoms with E-state index in [4.69, 9.17) is 11.6 Å². The average Bonchev–Trinajstić information content (AvgIpc) is 2.79. The molecule has 0 radical (unpaired) electrons. The lowest BCUT2D eigenvalue weighted by atomic mass is 9.81. The van der Waals surface area contributed by atoms with Crippen molar-refractivity contribution in [1.82, 2.24) is 10.3 Å². The highest BCUT2D eigenvalue weighted by Crippen LogP contribution is 2.32. The third kappa shape index (κ3) is 2.82. The number of nitrogens with one attached hydrogen (secondary N) is 2. The van der Waals surface area contributed by atoms with Gasteiger partial charge in [-0.2, -0.15) is 0 Å². The molecule has 1 aromatic rings. The summed E-state index contributed by atoms with van der Waals surface area (Å²) >= 11 is 5.81. The van der Waals surface area contributed by atoms with E-state index in [1.54, 1.807) is 18.3 Å². The molecule has 1 unspecified atom stereocenters. The van der Waals surface area contributed by atoms with Gasteiger partial charge in [0.2, 0.25) is 5.91 Å². The highest BCUT2D eigenvalue weighted by atomic mass is 35.5. The van der Waals surface area contributed by atoms with Crippen LogP contribution in [-0.2, 0) is 4.79 Å². The number of halogens is 1. The molecule has 18 heavy (non-hydrogen) atoms. The van der Waals surface area contributed by atoms with Gasteiger partial charge in [-0.15, -0.1) is 0 Å². The highest BCUT2D eigenvalue weighted by Gasteiger charge is 2.40. The van der Waals surface area contributed by atoms with Crippen molar-refractivity contribution in [3.8, 4) is 0 Å². The van der Waals surface area contributed by atoms with Crippen LogP contribution in [0.2, 0.25) is 5.15 Å². The third-order valence-electron chi connectivity index (χ3n) is 3.44. The Morgan fingerprint density at radius 2 is 2.50 bits per heavy atom. The maximum Gasteiger partial charge on any atom is 0.231 e. The molecule has 2 rings (SSSR count). The van der Waals surface area contributed by atoms with Crippen LogP contribution in [0.1, 0.15) is 26.2 Å². The first-order valence-corrected chi connectivity index (χ1v) is 6.68. The topological polar surface area (TPSA) is 54.0 Å². The van der Waals surface area contributed by atoms with Crippen LogP contribution in [0.3, 0.4) is 0 Å². The second-order valence-corrected chi connectivity index (χ2v) is 5.17. The first-order chi connectivity index (χ1) is 8.66. The summed E-state index contributed by atoms with van der Waals surface area (Å²) in [6, 6.07) is 3.42. The fourth-order valence-corrected chi connectivity index (χ4v) is 2.66. The van der Waals surface area contributed by atoms with Crippen LogP contribution in [0, 0.1) is 5.41 Å². The van der Waals surface area contributed by atoms with Crippen LogP contribution in [0.5, 0.6) is 0 Å². The standard InChI is InChI=1S/C13H18ClN3O/c1-2-4-13(5-7-15-9-13)12(18)17-10-3-6-16-11(14)8-10/h3,6,8,15H,2,4-5,7,9H2,1H3,(H,16,17,18). The lowest BCUT2D eigenvalue weighted by Crippen LogP contribution is -2.38. The monoisotopic (exact) mass is 267 g/mol. The molecule has 1 aliphatic rings. The fourth-order valence-electron chi connectivity index (χ4n) is 2.49. The molecule has 1 aliphatic heterocycles. The van der Waals surface area contributed by atoms with Crippen molar-refractivity contribution >= 4 is 23.2 Å². The Hall–Kier alpha value is -1.13. The second kappa shape index (κ2) is 5.67. The van der Waals surface area contributed by atoms with Gasteiger partial charge in [-0.1, -0.05) is 24.9 Å². The molecule has 2 heterocycles. The van der Waals surface area contributed by atoms with Gasteiger partial charge in [0.05, 0.1) is 5.41 Å². The number of nitrogens with zero attached hydrogens (tertiary/aromatic N) is 1. The summed E-state index contributed by atoms with van der Waals surface area (Å²) in [5.74, 6) is 0.0802. The van der Waals surface area contributed by atoms with E-state index in [2.05, 4.69) is 22.5 Å². The van der Waals surface area contributed by atoms with Gasteiger partial charge >= 0.3 is 0 Å². The van der Waals surface area contributed by atoms with Crippen molar-refractivity contribution in [1.29, 1.82) is 0 Å². The Morgan fingerprint density at radius 1 is 1.67 bits per heavy atom. The van der Waals surface area contributed by atoms with E-state index >= 15 is 0 Å². The lowest BCUT2D eigenvalue weighted by molar-refractivity contribution is -0.125. The Morgan fingerprint density at radius 3 is 3.11 bits per heavy atom. The van der Waals surface area contributed by atoms with Gasteiger partial charge in [-0.05, 0) is 31.5 Å².